The van der Waals surface area contributed by atoms with E-state index in [1.165, 1.54) is 36.9 Å². The van der Waals surface area contributed by atoms with Crippen molar-refractivity contribution in [3.05, 3.63) is 23.3 Å². The van der Waals surface area contributed by atoms with E-state index in [4.69, 9.17) is 4.74 Å². The summed E-state index contributed by atoms with van der Waals surface area (Å²) in [5, 5.41) is 7.13. The smallest absolute Gasteiger partial charge is 0.122 e. The Morgan fingerprint density at radius 3 is 3.20 bits per heavy atom. The average Bonchev–Trinajstić information content (AvgIpc) is 2.91. The molecule has 1 atom stereocenters. The Bertz CT molecular complexity index is 459. The first kappa shape index (κ1) is 13.7. The molecule has 3 nitrogen and oxygen atoms in total. The van der Waals surface area contributed by atoms with E-state index in [1.807, 2.05) is 0 Å². The third kappa shape index (κ3) is 2.78. The first-order chi connectivity index (χ1) is 9.90. The van der Waals surface area contributed by atoms with Crippen molar-refractivity contribution in [3.63, 3.8) is 0 Å². The summed E-state index contributed by atoms with van der Waals surface area (Å²) in [5.74, 6) is 1.78. The molecule has 110 valence electrons. The topological polar surface area (TPSA) is 33.3 Å². The van der Waals surface area contributed by atoms with Crippen LogP contribution in [0.2, 0.25) is 0 Å². The summed E-state index contributed by atoms with van der Waals surface area (Å²) < 4.78 is 5.81. The van der Waals surface area contributed by atoms with Gasteiger partial charge in [-0.05, 0) is 62.0 Å². The lowest BCUT2D eigenvalue weighted by Crippen LogP contribution is -2.20. The van der Waals surface area contributed by atoms with Crippen molar-refractivity contribution in [3.8, 4) is 5.75 Å². The highest BCUT2D eigenvalue weighted by molar-refractivity contribution is 5.64. The highest BCUT2D eigenvalue weighted by Gasteiger charge is 2.28. The maximum absolute atomic E-state index is 5.81. The standard InChI is InChI=1S/C17H26N2O/c1-2-3-9-18-10-8-13-12-19-15-6-7-16-14(17(13)15)5-4-11-20-16/h6-7,13,18-19H,2-5,8-12H2,1H3. The van der Waals surface area contributed by atoms with E-state index in [-0.39, 0.29) is 0 Å². The molecule has 0 saturated carbocycles. The molecule has 1 unspecified atom stereocenters. The summed E-state index contributed by atoms with van der Waals surface area (Å²) in [6.45, 7) is 6.48. The predicted molar refractivity (Wildman–Crippen MR) is 83.9 cm³/mol. The second-order valence-corrected chi connectivity index (χ2v) is 5.93. The Labute approximate surface area is 122 Å². The molecule has 2 N–H and O–H groups in total. The molecule has 0 aromatic heterocycles. The molecule has 0 radical (unpaired) electrons. The highest BCUT2D eigenvalue weighted by Crippen LogP contribution is 2.42. The molecule has 3 rings (SSSR count). The molecule has 0 bridgehead atoms. The van der Waals surface area contributed by atoms with Crippen LogP contribution >= 0.6 is 0 Å². The van der Waals surface area contributed by atoms with Gasteiger partial charge in [0.15, 0.2) is 0 Å². The van der Waals surface area contributed by atoms with Gasteiger partial charge in [-0.1, -0.05) is 13.3 Å². The summed E-state index contributed by atoms with van der Waals surface area (Å²) in [6, 6.07) is 4.34. The maximum Gasteiger partial charge on any atom is 0.122 e. The number of ether oxygens (including phenoxy) is 1. The fraction of sp³-hybridized carbons (Fsp3) is 0.647. The van der Waals surface area contributed by atoms with Crippen LogP contribution in [0.5, 0.6) is 5.75 Å². The minimum atomic E-state index is 0.649. The van der Waals surface area contributed by atoms with Crippen LogP contribution in [-0.2, 0) is 6.42 Å². The Balaban J connectivity index is 1.66. The van der Waals surface area contributed by atoms with E-state index in [2.05, 4.69) is 29.7 Å². The first-order valence-electron chi connectivity index (χ1n) is 8.13. The lowest BCUT2D eigenvalue weighted by molar-refractivity contribution is 0.287. The zero-order valence-corrected chi connectivity index (χ0v) is 12.5. The molecule has 1 aromatic rings. The summed E-state index contributed by atoms with van der Waals surface area (Å²) in [6.07, 6.45) is 6.11. The normalized spacial score (nSPS) is 19.9. The SMILES string of the molecule is CCCCNCCC1CNc2ccc3c(c21)CCCO3. The van der Waals surface area contributed by atoms with Crippen LogP contribution in [0.1, 0.15) is 49.7 Å². The van der Waals surface area contributed by atoms with Crippen molar-refractivity contribution in [1.29, 1.82) is 0 Å². The fourth-order valence-corrected chi connectivity index (χ4v) is 3.37. The molecule has 0 saturated heterocycles. The van der Waals surface area contributed by atoms with E-state index in [9.17, 15) is 0 Å². The Kier molecular flexibility index (Phi) is 4.46. The van der Waals surface area contributed by atoms with Crippen LogP contribution in [0.15, 0.2) is 12.1 Å². The molecular formula is C17H26N2O. The summed E-state index contributed by atoms with van der Waals surface area (Å²) in [4.78, 5) is 0. The number of rotatable bonds is 6. The van der Waals surface area contributed by atoms with Crippen molar-refractivity contribution in [2.24, 2.45) is 0 Å². The van der Waals surface area contributed by atoms with Crippen LogP contribution in [0.4, 0.5) is 5.69 Å². The van der Waals surface area contributed by atoms with Crippen molar-refractivity contribution >= 4 is 5.69 Å². The van der Waals surface area contributed by atoms with Crippen molar-refractivity contribution in [2.45, 2.75) is 44.9 Å². The number of anilines is 1. The minimum Gasteiger partial charge on any atom is -0.493 e. The molecule has 0 aliphatic carbocycles. The molecule has 1 aromatic carbocycles. The van der Waals surface area contributed by atoms with E-state index in [0.29, 0.717) is 5.92 Å². The van der Waals surface area contributed by atoms with Gasteiger partial charge in [-0.15, -0.1) is 0 Å². The van der Waals surface area contributed by atoms with Gasteiger partial charge in [0.2, 0.25) is 0 Å². The second-order valence-electron chi connectivity index (χ2n) is 5.93. The van der Waals surface area contributed by atoms with E-state index in [1.54, 1.807) is 5.56 Å². The van der Waals surface area contributed by atoms with Gasteiger partial charge in [0.05, 0.1) is 6.61 Å². The van der Waals surface area contributed by atoms with Gasteiger partial charge in [-0.3, -0.25) is 0 Å². The van der Waals surface area contributed by atoms with Crippen LogP contribution in [0, 0.1) is 0 Å². The Morgan fingerprint density at radius 1 is 1.35 bits per heavy atom. The van der Waals surface area contributed by atoms with Crippen molar-refractivity contribution < 1.29 is 4.74 Å². The molecule has 0 spiro atoms. The summed E-state index contributed by atoms with van der Waals surface area (Å²) >= 11 is 0. The van der Waals surface area contributed by atoms with E-state index in [0.717, 1.165) is 38.4 Å². The van der Waals surface area contributed by atoms with Gasteiger partial charge >= 0.3 is 0 Å². The van der Waals surface area contributed by atoms with Crippen molar-refractivity contribution in [2.75, 3.05) is 31.6 Å². The second kappa shape index (κ2) is 6.49. The molecule has 0 amide bonds. The molecule has 2 heterocycles. The molecule has 0 fully saturated rings. The number of nitrogens with one attached hydrogen (secondary N) is 2. The summed E-state index contributed by atoms with van der Waals surface area (Å²) in [7, 11) is 0. The van der Waals surface area contributed by atoms with Gasteiger partial charge in [0.1, 0.15) is 5.75 Å². The third-order valence-corrected chi connectivity index (χ3v) is 4.47. The van der Waals surface area contributed by atoms with Gasteiger partial charge in [-0.2, -0.15) is 0 Å². The molecule has 3 heteroatoms. The van der Waals surface area contributed by atoms with Gasteiger partial charge in [0.25, 0.3) is 0 Å². The Morgan fingerprint density at radius 2 is 2.30 bits per heavy atom. The zero-order valence-electron chi connectivity index (χ0n) is 12.5. The maximum atomic E-state index is 5.81. The number of hydrogen-bond donors (Lipinski definition) is 2. The average molecular weight is 274 g/mol. The lowest BCUT2D eigenvalue weighted by atomic mass is 9.89. The third-order valence-electron chi connectivity index (χ3n) is 4.47. The van der Waals surface area contributed by atoms with E-state index >= 15 is 0 Å². The van der Waals surface area contributed by atoms with Gasteiger partial charge in [-0.25, -0.2) is 0 Å². The minimum absolute atomic E-state index is 0.649. The van der Waals surface area contributed by atoms with Crippen LogP contribution in [-0.4, -0.2) is 26.2 Å². The number of benzene rings is 1. The fourth-order valence-electron chi connectivity index (χ4n) is 3.37. The molecule has 2 aliphatic rings. The number of fused-ring (bicyclic) bond motifs is 3. The lowest BCUT2D eigenvalue weighted by Gasteiger charge is -2.22. The monoisotopic (exact) mass is 274 g/mol. The number of hydrogen-bond acceptors (Lipinski definition) is 3. The van der Waals surface area contributed by atoms with E-state index < -0.39 is 0 Å². The number of unbranched alkanes of at least 4 members (excludes halogenated alkanes) is 1. The quantitative estimate of drug-likeness (QED) is 0.781. The zero-order chi connectivity index (χ0) is 13.8. The highest BCUT2D eigenvalue weighted by atomic mass is 16.5. The molecular weight excluding hydrogens is 248 g/mol. The van der Waals surface area contributed by atoms with Crippen LogP contribution in [0.25, 0.3) is 0 Å². The first-order valence-corrected chi connectivity index (χ1v) is 8.13. The molecule has 20 heavy (non-hydrogen) atoms. The van der Waals surface area contributed by atoms with Gasteiger partial charge in [0, 0.05) is 18.2 Å². The molecule has 2 aliphatic heterocycles. The van der Waals surface area contributed by atoms with Gasteiger partial charge < -0.3 is 15.4 Å². The summed E-state index contributed by atoms with van der Waals surface area (Å²) in [5.41, 5.74) is 4.35. The largest absolute Gasteiger partial charge is 0.493 e. The van der Waals surface area contributed by atoms with Crippen LogP contribution < -0.4 is 15.4 Å². The Hall–Kier alpha value is -1.22. The van der Waals surface area contributed by atoms with Crippen LogP contribution in [0.3, 0.4) is 0 Å². The van der Waals surface area contributed by atoms with Crippen molar-refractivity contribution in [1.82, 2.24) is 5.32 Å². The predicted octanol–water partition coefficient (Wildman–Crippen LogP) is 3.30.